The number of fused-ring (bicyclic) bond motifs is 16. The fourth-order valence-corrected chi connectivity index (χ4v) is 12.8. The molecule has 2 aliphatic heterocycles. The summed E-state index contributed by atoms with van der Waals surface area (Å²) >= 11 is 0. The van der Waals surface area contributed by atoms with E-state index in [2.05, 4.69) is 272 Å². The first-order chi connectivity index (χ1) is 36.0. The summed E-state index contributed by atoms with van der Waals surface area (Å²) in [5.74, 6) is 1.79. The van der Waals surface area contributed by atoms with Crippen LogP contribution >= 0.6 is 0 Å². The van der Waals surface area contributed by atoms with Crippen LogP contribution in [0, 0.1) is 0 Å². The van der Waals surface area contributed by atoms with Crippen molar-refractivity contribution < 1.29 is 4.74 Å². The van der Waals surface area contributed by atoms with Crippen molar-refractivity contribution in [3.05, 3.63) is 223 Å². The van der Waals surface area contributed by atoms with Crippen molar-refractivity contribution in [3.63, 3.8) is 0 Å². The maximum atomic E-state index is 7.13. The number of anilines is 3. The van der Waals surface area contributed by atoms with E-state index in [-0.39, 0.29) is 17.5 Å². The van der Waals surface area contributed by atoms with E-state index >= 15 is 0 Å². The second-order valence-corrected chi connectivity index (χ2v) is 22.5. The predicted molar refractivity (Wildman–Crippen MR) is 313 cm³/mol. The maximum Gasteiger partial charge on any atom is 0.256 e. The van der Waals surface area contributed by atoms with Crippen LogP contribution in [-0.2, 0) is 10.8 Å². The Kier molecular flexibility index (Phi) is 8.92. The number of nitrogens with zero attached hydrogens (tertiary/aromatic N) is 4. The zero-order valence-electron chi connectivity index (χ0n) is 42.5. The molecule has 15 rings (SSSR count). The molecule has 0 spiro atoms. The smallest absolute Gasteiger partial charge is 0.256 e. The first-order valence-corrected chi connectivity index (χ1v) is 26.1. The fourth-order valence-electron chi connectivity index (χ4n) is 12.8. The number of rotatable bonds is 4. The third-order valence-corrected chi connectivity index (χ3v) is 16.2. The van der Waals surface area contributed by atoms with Crippen molar-refractivity contribution in [1.29, 1.82) is 0 Å². The van der Waals surface area contributed by atoms with Gasteiger partial charge in [-0.2, -0.15) is 0 Å². The van der Waals surface area contributed by atoms with Gasteiger partial charge in [0.25, 0.3) is 6.71 Å². The summed E-state index contributed by atoms with van der Waals surface area (Å²) in [6, 6.07) is 78.8. The third kappa shape index (κ3) is 6.00. The highest BCUT2D eigenvalue weighted by atomic mass is 16.5. The minimum absolute atomic E-state index is 0.0413. The van der Waals surface area contributed by atoms with Gasteiger partial charge in [-0.1, -0.05) is 163 Å². The van der Waals surface area contributed by atoms with E-state index in [1.807, 2.05) is 0 Å². The molecule has 0 saturated heterocycles. The van der Waals surface area contributed by atoms with Crippen LogP contribution in [0.25, 0.3) is 82.5 Å². The highest BCUT2D eigenvalue weighted by Crippen LogP contribution is 2.51. The SMILES string of the molecule is CC(C)(C)c1ccc(N2c3ccc(C(C)(C)C)cc3B3c4cc(-n5c6ccccc6c6c7c(c8ccccc8n7-c7ccccc7)c7c(c8ccccc8n7-c7ccccc7)c65)ccc4Oc4cccc2c43)cc1. The molecule has 354 valence electrons. The van der Waals surface area contributed by atoms with E-state index < -0.39 is 0 Å². The highest BCUT2D eigenvalue weighted by molar-refractivity contribution is 6.99. The van der Waals surface area contributed by atoms with Gasteiger partial charge in [0.15, 0.2) is 0 Å². The van der Waals surface area contributed by atoms with Crippen LogP contribution in [0.3, 0.4) is 0 Å². The Morgan fingerprint density at radius 1 is 0.351 bits per heavy atom. The molecule has 0 atom stereocenters. The highest BCUT2D eigenvalue weighted by Gasteiger charge is 2.43. The number of benzene rings is 10. The molecule has 13 aromatic rings. The molecule has 6 heteroatoms. The molecule has 0 bridgehead atoms. The van der Waals surface area contributed by atoms with E-state index in [0.29, 0.717) is 0 Å². The lowest BCUT2D eigenvalue weighted by Crippen LogP contribution is -2.59. The Hall–Kier alpha value is -8.74. The fraction of sp³-hybridized carbons (Fsp3) is 0.118. The van der Waals surface area contributed by atoms with Crippen molar-refractivity contribution in [2.45, 2.75) is 52.4 Å². The lowest BCUT2D eigenvalue weighted by atomic mass is 9.34. The molecule has 0 unspecified atom stereocenters. The summed E-state index contributed by atoms with van der Waals surface area (Å²) in [6.07, 6.45) is 0. The maximum absolute atomic E-state index is 7.13. The van der Waals surface area contributed by atoms with Crippen molar-refractivity contribution in [3.8, 4) is 28.6 Å². The molecule has 0 aliphatic carbocycles. The standard InChI is InChI=1S/C68H53BN4O/c1-67(2,3)42-32-35-46(36-33-42)70-56-38-34-43(68(4,5)6)40-51(56)69-52-41-47(37-39-58(52)74-59-31-19-30-57(70)63(59)69)73-55-29-18-15-26-50(55)62-65-60(48-24-13-16-27-53(48)71(65)44-20-9-7-10-21-44)64-61(66(62)73)49-25-14-17-28-54(49)72(64)45-22-11-8-12-23-45/h7-41H,1-6H3. The molecule has 74 heavy (non-hydrogen) atoms. The lowest BCUT2D eigenvalue weighted by molar-refractivity contribution is 0.487. The second-order valence-electron chi connectivity index (χ2n) is 22.5. The number of hydrogen-bond donors (Lipinski definition) is 0. The number of para-hydroxylation sites is 5. The monoisotopic (exact) mass is 952 g/mol. The van der Waals surface area contributed by atoms with Gasteiger partial charge in [0.2, 0.25) is 0 Å². The lowest BCUT2D eigenvalue weighted by Gasteiger charge is -2.40. The molecule has 0 fully saturated rings. The van der Waals surface area contributed by atoms with E-state index in [9.17, 15) is 0 Å². The van der Waals surface area contributed by atoms with Gasteiger partial charge in [0, 0.05) is 66.4 Å². The summed E-state index contributed by atoms with van der Waals surface area (Å²) in [5.41, 5.74) is 20.1. The van der Waals surface area contributed by atoms with Crippen LogP contribution in [0.5, 0.6) is 11.5 Å². The zero-order chi connectivity index (χ0) is 49.8. The normalized spacial score (nSPS) is 13.3. The van der Waals surface area contributed by atoms with E-state index in [0.717, 1.165) is 50.9 Å². The molecule has 3 aromatic heterocycles. The first kappa shape index (κ1) is 42.9. The van der Waals surface area contributed by atoms with Crippen molar-refractivity contribution in [2.75, 3.05) is 4.90 Å². The van der Waals surface area contributed by atoms with Gasteiger partial charge in [-0.15, -0.1) is 0 Å². The molecule has 0 N–H and O–H groups in total. The number of aromatic nitrogens is 3. The van der Waals surface area contributed by atoms with Gasteiger partial charge in [-0.05, 0) is 129 Å². The molecule has 0 amide bonds. The van der Waals surface area contributed by atoms with Gasteiger partial charge in [0.1, 0.15) is 11.5 Å². The van der Waals surface area contributed by atoms with Gasteiger partial charge < -0.3 is 23.3 Å². The molecular weight excluding hydrogens is 900 g/mol. The summed E-state index contributed by atoms with van der Waals surface area (Å²) in [7, 11) is 0. The summed E-state index contributed by atoms with van der Waals surface area (Å²) in [6.45, 7) is 13.7. The largest absolute Gasteiger partial charge is 0.458 e. The van der Waals surface area contributed by atoms with E-state index in [1.165, 1.54) is 87.6 Å². The Morgan fingerprint density at radius 3 is 1.35 bits per heavy atom. The van der Waals surface area contributed by atoms with Gasteiger partial charge in [-0.25, -0.2) is 0 Å². The zero-order valence-corrected chi connectivity index (χ0v) is 42.5. The van der Waals surface area contributed by atoms with Crippen LogP contribution in [0.4, 0.5) is 17.1 Å². The Labute approximate surface area is 431 Å². The Morgan fingerprint density at radius 2 is 0.824 bits per heavy atom. The molecule has 10 aromatic carbocycles. The van der Waals surface area contributed by atoms with Crippen LogP contribution in [0.15, 0.2) is 212 Å². The van der Waals surface area contributed by atoms with E-state index in [4.69, 9.17) is 4.74 Å². The van der Waals surface area contributed by atoms with Crippen molar-refractivity contribution >= 4 is 106 Å². The second kappa shape index (κ2) is 15.4. The van der Waals surface area contributed by atoms with Crippen LogP contribution in [-0.4, -0.2) is 20.4 Å². The average molecular weight is 953 g/mol. The number of hydrogen-bond acceptors (Lipinski definition) is 2. The predicted octanol–water partition coefficient (Wildman–Crippen LogP) is 16.0. The molecule has 5 heterocycles. The Balaban J connectivity index is 1.07. The van der Waals surface area contributed by atoms with E-state index in [1.54, 1.807) is 0 Å². The van der Waals surface area contributed by atoms with Gasteiger partial charge >= 0.3 is 0 Å². The van der Waals surface area contributed by atoms with Crippen LogP contribution in [0.1, 0.15) is 52.7 Å². The van der Waals surface area contributed by atoms with Gasteiger partial charge in [-0.3, -0.25) is 0 Å². The quantitative estimate of drug-likeness (QED) is 0.164. The van der Waals surface area contributed by atoms with Crippen molar-refractivity contribution in [2.24, 2.45) is 0 Å². The minimum Gasteiger partial charge on any atom is -0.458 e. The number of ether oxygens (including phenoxy) is 1. The molecule has 0 radical (unpaired) electrons. The first-order valence-electron chi connectivity index (χ1n) is 26.1. The van der Waals surface area contributed by atoms with Gasteiger partial charge in [0.05, 0.1) is 33.1 Å². The van der Waals surface area contributed by atoms with Crippen LogP contribution in [0.2, 0.25) is 0 Å². The Bertz CT molecular complexity index is 4400. The van der Waals surface area contributed by atoms with Crippen LogP contribution < -0.4 is 26.0 Å². The summed E-state index contributed by atoms with van der Waals surface area (Å²) in [4.78, 5) is 2.46. The average Bonchev–Trinajstić information content (AvgIpc) is 4.08. The minimum atomic E-state index is -0.0901. The third-order valence-electron chi connectivity index (χ3n) is 16.2. The molecule has 2 aliphatic rings. The summed E-state index contributed by atoms with van der Waals surface area (Å²) < 4.78 is 14.7. The molecule has 0 saturated carbocycles. The molecular formula is C68H53BN4O. The molecule has 5 nitrogen and oxygen atoms in total. The van der Waals surface area contributed by atoms with Crippen molar-refractivity contribution in [1.82, 2.24) is 13.7 Å². The summed E-state index contributed by atoms with van der Waals surface area (Å²) in [5, 5.41) is 7.34. The topological polar surface area (TPSA) is 27.3 Å².